The van der Waals surface area contributed by atoms with Crippen LogP contribution in [0.15, 0.2) is 12.7 Å². The fourth-order valence-corrected chi connectivity index (χ4v) is 6.88. The normalized spacial score (nSPS) is 20.3. The highest BCUT2D eigenvalue weighted by molar-refractivity contribution is 6.38. The Hall–Kier alpha value is -4.08. The fourth-order valence-electron chi connectivity index (χ4n) is 6.88. The van der Waals surface area contributed by atoms with Gasteiger partial charge in [-0.2, -0.15) is 0 Å². The van der Waals surface area contributed by atoms with Gasteiger partial charge >= 0.3 is 12.1 Å². The van der Waals surface area contributed by atoms with E-state index < -0.39 is 64.7 Å². The second kappa shape index (κ2) is 19.5. The molecular weight excluding hydrogens is 652 g/mol. The van der Waals surface area contributed by atoms with Crippen LogP contribution in [0.4, 0.5) is 9.59 Å². The van der Waals surface area contributed by atoms with E-state index in [1.807, 2.05) is 55.4 Å². The van der Waals surface area contributed by atoms with Crippen molar-refractivity contribution in [2.75, 3.05) is 19.7 Å². The highest BCUT2D eigenvalue weighted by atomic mass is 16.5. The summed E-state index contributed by atoms with van der Waals surface area (Å²) in [5.74, 6) is -0.393. The van der Waals surface area contributed by atoms with Crippen molar-refractivity contribution in [2.45, 2.75) is 137 Å². The van der Waals surface area contributed by atoms with E-state index in [-0.39, 0.29) is 56.3 Å². The van der Waals surface area contributed by atoms with Crippen molar-refractivity contribution in [2.24, 2.45) is 22.7 Å². The van der Waals surface area contributed by atoms with Gasteiger partial charge in [-0.3, -0.25) is 19.2 Å². The van der Waals surface area contributed by atoms with Crippen LogP contribution in [0, 0.1) is 35.0 Å². The molecule has 5 N–H and O–H groups in total. The number of carbonyl (C=O) groups excluding carboxylic acids is 6. The van der Waals surface area contributed by atoms with Gasteiger partial charge in [0.05, 0.1) is 12.1 Å². The summed E-state index contributed by atoms with van der Waals surface area (Å²) >= 11 is 0. The molecule has 13 nitrogen and oxygen atoms in total. The molecule has 0 spiro atoms. The standard InChI is InChI=1S/C38H62N6O7/c1-11-13-17-27(30(45)33(47)39-21-12-2)41-32(46)29-26(24(3)4)18-22-44(29)34(48)31(38(10)19-15-14-16-20-38)43-35(49)42-28(37(7,8)9)23-51-36(50)40-25(5)6/h1,12,24-29,31H,2,13-23H2,3-10H3,(H,39,47)(H,40,50)(H,41,46)(H2,42,43,49)/t26-,27?,28-,29?,31-/m1/s1. The minimum absolute atomic E-state index is 0.00900. The number of hydrogen-bond acceptors (Lipinski definition) is 7. The van der Waals surface area contributed by atoms with Crippen molar-refractivity contribution < 1.29 is 33.5 Å². The fraction of sp³-hybridized carbons (Fsp3) is 0.737. The van der Waals surface area contributed by atoms with Gasteiger partial charge in [-0.05, 0) is 62.2 Å². The Morgan fingerprint density at radius 2 is 1.65 bits per heavy atom. The number of ether oxygens (including phenoxy) is 1. The van der Waals surface area contributed by atoms with Gasteiger partial charge in [0.2, 0.25) is 17.6 Å². The predicted octanol–water partition coefficient (Wildman–Crippen LogP) is 3.82. The lowest BCUT2D eigenvalue weighted by molar-refractivity contribution is -0.145. The van der Waals surface area contributed by atoms with Crippen LogP contribution >= 0.6 is 0 Å². The molecule has 2 unspecified atom stereocenters. The molecule has 13 heteroatoms. The number of terminal acetylenes is 1. The number of nitrogens with zero attached hydrogens (tertiary/aromatic N) is 1. The summed E-state index contributed by atoms with van der Waals surface area (Å²) in [5, 5.41) is 13.8. The zero-order valence-electron chi connectivity index (χ0n) is 32.0. The lowest BCUT2D eigenvalue weighted by atomic mass is 9.70. The molecular formula is C38H62N6O7. The molecule has 0 aromatic heterocycles. The SMILES string of the molecule is C#CCCC(NC(=O)C1[C@@H](C(C)C)CCN1C(=O)[C@@H](NC(=O)N[C@H](COC(=O)NC(C)C)C(C)(C)C)C1(C)CCCCC1)C(=O)C(=O)NCC=C. The molecule has 286 valence electrons. The van der Waals surface area contributed by atoms with Gasteiger partial charge in [-0.1, -0.05) is 66.9 Å². The van der Waals surface area contributed by atoms with E-state index in [9.17, 15) is 28.8 Å². The Morgan fingerprint density at radius 3 is 2.20 bits per heavy atom. The average molecular weight is 715 g/mol. The number of rotatable bonds is 16. The molecule has 0 bridgehead atoms. The topological polar surface area (TPSA) is 175 Å². The summed E-state index contributed by atoms with van der Waals surface area (Å²) in [6.07, 6.45) is 11.2. The Morgan fingerprint density at radius 1 is 1.00 bits per heavy atom. The van der Waals surface area contributed by atoms with Crippen LogP contribution < -0.4 is 26.6 Å². The van der Waals surface area contributed by atoms with Crippen molar-refractivity contribution in [3.63, 3.8) is 0 Å². The third-order valence-electron chi connectivity index (χ3n) is 10.0. The lowest BCUT2D eigenvalue weighted by Gasteiger charge is -2.43. The van der Waals surface area contributed by atoms with E-state index in [1.165, 1.54) is 11.0 Å². The van der Waals surface area contributed by atoms with Crippen molar-refractivity contribution in [1.29, 1.82) is 0 Å². The summed E-state index contributed by atoms with van der Waals surface area (Å²) < 4.78 is 5.42. The van der Waals surface area contributed by atoms with Crippen molar-refractivity contribution in [1.82, 2.24) is 31.5 Å². The van der Waals surface area contributed by atoms with E-state index in [1.54, 1.807) is 0 Å². The summed E-state index contributed by atoms with van der Waals surface area (Å²) in [6.45, 7) is 19.1. The van der Waals surface area contributed by atoms with Crippen LogP contribution in [0.2, 0.25) is 0 Å². The Balaban J connectivity index is 2.41. The molecule has 5 atom stereocenters. The first-order valence-corrected chi connectivity index (χ1v) is 18.3. The number of Topliss-reactive ketones (excluding diaryl/α,β-unsaturated/α-hetero) is 1. The minimum Gasteiger partial charge on any atom is -0.447 e. The van der Waals surface area contributed by atoms with Crippen LogP contribution in [0.5, 0.6) is 0 Å². The third-order valence-corrected chi connectivity index (χ3v) is 10.0. The summed E-state index contributed by atoms with van der Waals surface area (Å²) in [7, 11) is 0. The number of alkyl carbamates (subject to hydrolysis) is 1. The average Bonchev–Trinajstić information content (AvgIpc) is 3.51. The Labute approximate surface area is 304 Å². The summed E-state index contributed by atoms with van der Waals surface area (Å²) in [6, 6.07) is -4.37. The largest absolute Gasteiger partial charge is 0.447 e. The van der Waals surface area contributed by atoms with Gasteiger partial charge < -0.3 is 36.2 Å². The highest BCUT2D eigenvalue weighted by Gasteiger charge is 2.50. The Kier molecular flexibility index (Phi) is 16.5. The van der Waals surface area contributed by atoms with Gasteiger partial charge in [0.15, 0.2) is 0 Å². The molecule has 2 aliphatic rings. The molecule has 51 heavy (non-hydrogen) atoms. The number of amides is 6. The van der Waals surface area contributed by atoms with Crippen LogP contribution in [-0.2, 0) is 23.9 Å². The van der Waals surface area contributed by atoms with Crippen molar-refractivity contribution >= 4 is 35.6 Å². The van der Waals surface area contributed by atoms with E-state index in [0.717, 1.165) is 19.3 Å². The molecule has 1 saturated heterocycles. The van der Waals surface area contributed by atoms with Gasteiger partial charge in [0.25, 0.3) is 5.91 Å². The number of nitrogens with one attached hydrogen (secondary N) is 5. The molecule has 0 aromatic rings. The number of carbonyl (C=O) groups is 6. The van der Waals surface area contributed by atoms with Gasteiger partial charge in [-0.25, -0.2) is 9.59 Å². The number of ketones is 1. The van der Waals surface area contributed by atoms with Crippen LogP contribution in [-0.4, -0.2) is 90.4 Å². The highest BCUT2D eigenvalue weighted by Crippen LogP contribution is 2.41. The quantitative estimate of drug-likeness (QED) is 0.0918. The summed E-state index contributed by atoms with van der Waals surface area (Å²) in [4.78, 5) is 82.1. The zero-order chi connectivity index (χ0) is 38.5. The predicted molar refractivity (Wildman–Crippen MR) is 196 cm³/mol. The molecule has 2 fully saturated rings. The molecule has 1 aliphatic carbocycles. The Bertz CT molecular complexity index is 1290. The van der Waals surface area contributed by atoms with Crippen molar-refractivity contribution in [3.05, 3.63) is 12.7 Å². The van der Waals surface area contributed by atoms with Gasteiger partial charge in [0.1, 0.15) is 18.7 Å². The van der Waals surface area contributed by atoms with Crippen molar-refractivity contribution in [3.8, 4) is 12.3 Å². The van der Waals surface area contributed by atoms with E-state index in [2.05, 4.69) is 39.1 Å². The minimum atomic E-state index is -1.18. The molecule has 1 aliphatic heterocycles. The molecule has 0 aromatic carbocycles. The number of likely N-dealkylation sites (tertiary alicyclic amines) is 1. The molecule has 1 saturated carbocycles. The van der Waals surface area contributed by atoms with E-state index in [0.29, 0.717) is 19.3 Å². The molecule has 1 heterocycles. The molecule has 0 radical (unpaired) electrons. The maximum Gasteiger partial charge on any atom is 0.407 e. The van der Waals surface area contributed by atoms with Gasteiger partial charge in [0, 0.05) is 25.6 Å². The second-order valence-corrected chi connectivity index (χ2v) is 15.9. The third kappa shape index (κ3) is 12.6. The van der Waals surface area contributed by atoms with Crippen LogP contribution in [0.25, 0.3) is 0 Å². The van der Waals surface area contributed by atoms with Crippen LogP contribution in [0.1, 0.15) is 107 Å². The van der Waals surface area contributed by atoms with E-state index in [4.69, 9.17) is 11.2 Å². The first kappa shape index (κ1) is 43.1. The molecule has 6 amide bonds. The summed E-state index contributed by atoms with van der Waals surface area (Å²) in [5.41, 5.74) is -1.09. The monoisotopic (exact) mass is 714 g/mol. The first-order chi connectivity index (χ1) is 23.9. The second-order valence-electron chi connectivity index (χ2n) is 15.9. The van der Waals surface area contributed by atoms with E-state index >= 15 is 0 Å². The molecule has 2 rings (SSSR count). The maximum absolute atomic E-state index is 14.7. The van der Waals surface area contributed by atoms with Gasteiger partial charge in [-0.15, -0.1) is 18.9 Å². The smallest absolute Gasteiger partial charge is 0.407 e. The zero-order valence-corrected chi connectivity index (χ0v) is 32.0. The number of urea groups is 1. The van der Waals surface area contributed by atoms with Crippen LogP contribution in [0.3, 0.4) is 0 Å². The maximum atomic E-state index is 14.7. The lowest BCUT2D eigenvalue weighted by Crippen LogP contribution is -2.63. The first-order valence-electron chi connectivity index (χ1n) is 18.3. The number of hydrogen-bond donors (Lipinski definition) is 5.